The van der Waals surface area contributed by atoms with E-state index in [1.54, 1.807) is 0 Å². The lowest BCUT2D eigenvalue weighted by atomic mass is 9.98. The Bertz CT molecular complexity index is 352. The fraction of sp³-hybridized carbons (Fsp3) is 0.400. The van der Waals surface area contributed by atoms with E-state index in [2.05, 4.69) is 0 Å². The molecule has 0 aliphatic heterocycles. The summed E-state index contributed by atoms with van der Waals surface area (Å²) in [6.07, 6.45) is -1.12. The molecule has 0 fully saturated rings. The minimum atomic E-state index is -3.09. The Labute approximate surface area is 91.7 Å². The number of aliphatic hydroxyl groups excluding tert-OH is 1. The average molecular weight is 236 g/mol. The largest absolute Gasteiger partial charge is 0.387 e. The maximum absolute atomic E-state index is 13.2. The summed E-state index contributed by atoms with van der Waals surface area (Å²) < 4.78 is 26.5. The highest BCUT2D eigenvalue weighted by Gasteiger charge is 2.31. The molecule has 1 unspecified atom stereocenters. The van der Waals surface area contributed by atoms with Crippen LogP contribution in [-0.4, -0.2) is 11.7 Å². The molecule has 0 saturated carbocycles. The molecule has 2 nitrogen and oxygen atoms in total. The van der Waals surface area contributed by atoms with Crippen LogP contribution >= 0.6 is 11.6 Å². The van der Waals surface area contributed by atoms with Gasteiger partial charge in [-0.25, -0.2) is 8.78 Å². The molecule has 1 aromatic carbocycles. The third-order valence-corrected chi connectivity index (χ3v) is 2.38. The molecule has 1 atom stereocenters. The molecule has 0 aliphatic carbocycles. The minimum Gasteiger partial charge on any atom is -0.387 e. The fourth-order valence-electron chi connectivity index (χ4n) is 1.41. The maximum Gasteiger partial charge on any atom is 0.272 e. The Morgan fingerprint density at radius 3 is 2.60 bits per heavy atom. The van der Waals surface area contributed by atoms with Gasteiger partial charge in [0.05, 0.1) is 11.1 Å². The zero-order chi connectivity index (χ0) is 11.6. The first kappa shape index (κ1) is 12.4. The van der Waals surface area contributed by atoms with Crippen molar-refractivity contribution in [3.05, 3.63) is 34.3 Å². The molecule has 3 N–H and O–H groups in total. The molecule has 15 heavy (non-hydrogen) atoms. The van der Waals surface area contributed by atoms with Crippen molar-refractivity contribution in [1.82, 2.24) is 0 Å². The molecule has 0 spiro atoms. The van der Waals surface area contributed by atoms with Crippen molar-refractivity contribution in [1.29, 1.82) is 0 Å². The average Bonchev–Trinajstić information content (AvgIpc) is 2.14. The van der Waals surface area contributed by atoms with Crippen molar-refractivity contribution in [3.8, 4) is 0 Å². The van der Waals surface area contributed by atoms with Gasteiger partial charge >= 0.3 is 0 Å². The monoisotopic (exact) mass is 235 g/mol. The van der Waals surface area contributed by atoms with Crippen LogP contribution in [0, 0.1) is 0 Å². The van der Waals surface area contributed by atoms with E-state index < -0.39 is 12.0 Å². The summed E-state index contributed by atoms with van der Waals surface area (Å²) >= 11 is 5.68. The van der Waals surface area contributed by atoms with Gasteiger partial charge in [-0.2, -0.15) is 0 Å². The van der Waals surface area contributed by atoms with Gasteiger partial charge in [-0.1, -0.05) is 23.7 Å². The van der Waals surface area contributed by atoms with Crippen molar-refractivity contribution in [2.45, 2.75) is 19.0 Å². The molecule has 0 aromatic heterocycles. The van der Waals surface area contributed by atoms with E-state index in [1.807, 2.05) is 0 Å². The third kappa shape index (κ3) is 2.65. The van der Waals surface area contributed by atoms with Gasteiger partial charge < -0.3 is 10.8 Å². The number of benzene rings is 1. The summed E-state index contributed by atoms with van der Waals surface area (Å²) in [5.41, 5.74) is 4.95. The lowest BCUT2D eigenvalue weighted by Gasteiger charge is -2.20. The van der Waals surface area contributed by atoms with Gasteiger partial charge in [-0.15, -0.1) is 0 Å². The Hall–Kier alpha value is -0.710. The maximum atomic E-state index is 13.2. The summed E-state index contributed by atoms with van der Waals surface area (Å²) in [6.45, 7) is 0.615. The lowest BCUT2D eigenvalue weighted by molar-refractivity contribution is 0.0140. The molecule has 1 rings (SSSR count). The van der Waals surface area contributed by atoms with E-state index in [0.717, 1.165) is 6.92 Å². The van der Waals surface area contributed by atoms with Crippen molar-refractivity contribution in [3.63, 3.8) is 0 Å². The predicted molar refractivity (Wildman–Crippen MR) is 55.0 cm³/mol. The first-order valence-electron chi connectivity index (χ1n) is 4.42. The van der Waals surface area contributed by atoms with Crippen LogP contribution in [0.1, 0.15) is 24.2 Å². The standard InChI is InChI=1S/C10H12ClF2NO/c1-10(12,13)9-6(8(15)5-14)3-2-4-7(9)11/h2-4,8,15H,5,14H2,1H3. The number of hydrogen-bond acceptors (Lipinski definition) is 2. The second-order valence-electron chi connectivity index (χ2n) is 3.34. The van der Waals surface area contributed by atoms with Crippen LogP contribution in [0.2, 0.25) is 5.02 Å². The summed E-state index contributed by atoms with van der Waals surface area (Å²) in [5, 5.41) is 9.42. The van der Waals surface area contributed by atoms with Gasteiger partial charge in [0.25, 0.3) is 5.92 Å². The van der Waals surface area contributed by atoms with Gasteiger partial charge in [-0.3, -0.25) is 0 Å². The van der Waals surface area contributed by atoms with E-state index in [0.29, 0.717) is 0 Å². The van der Waals surface area contributed by atoms with Crippen LogP contribution in [0.15, 0.2) is 18.2 Å². The second kappa shape index (κ2) is 4.43. The van der Waals surface area contributed by atoms with E-state index in [9.17, 15) is 13.9 Å². The van der Waals surface area contributed by atoms with Crippen molar-refractivity contribution in [2.75, 3.05) is 6.54 Å². The van der Waals surface area contributed by atoms with Crippen molar-refractivity contribution >= 4 is 11.6 Å². The third-order valence-electron chi connectivity index (χ3n) is 2.07. The molecule has 0 radical (unpaired) electrons. The van der Waals surface area contributed by atoms with Crippen LogP contribution in [0.5, 0.6) is 0 Å². The number of rotatable bonds is 3. The topological polar surface area (TPSA) is 46.2 Å². The fourth-order valence-corrected chi connectivity index (χ4v) is 1.76. The van der Waals surface area contributed by atoms with Gasteiger partial charge in [0, 0.05) is 19.0 Å². The summed E-state index contributed by atoms with van der Waals surface area (Å²) in [6, 6.07) is 4.27. The number of nitrogens with two attached hydrogens (primary N) is 1. The molecule has 0 saturated heterocycles. The normalized spacial score (nSPS) is 14.0. The van der Waals surface area contributed by atoms with E-state index in [1.165, 1.54) is 18.2 Å². The molecule has 0 bridgehead atoms. The van der Waals surface area contributed by atoms with Crippen molar-refractivity contribution in [2.24, 2.45) is 5.73 Å². The molecule has 84 valence electrons. The van der Waals surface area contributed by atoms with Gasteiger partial charge in [0.1, 0.15) is 0 Å². The van der Waals surface area contributed by atoms with Crippen molar-refractivity contribution < 1.29 is 13.9 Å². The predicted octanol–water partition coefficient (Wildman–Crippen LogP) is 2.44. The molecule has 0 heterocycles. The Morgan fingerprint density at radius 2 is 2.13 bits per heavy atom. The smallest absolute Gasteiger partial charge is 0.272 e. The van der Waals surface area contributed by atoms with Crippen LogP contribution in [0.4, 0.5) is 8.78 Å². The molecule has 1 aromatic rings. The molecular formula is C10H12ClF2NO. The summed E-state index contributed by atoms with van der Waals surface area (Å²) in [5.74, 6) is -3.09. The van der Waals surface area contributed by atoms with Gasteiger partial charge in [0.15, 0.2) is 0 Å². The Morgan fingerprint density at radius 1 is 1.53 bits per heavy atom. The Balaban J connectivity index is 3.33. The zero-order valence-electron chi connectivity index (χ0n) is 8.17. The van der Waals surface area contributed by atoms with Crippen LogP contribution < -0.4 is 5.73 Å². The highest BCUT2D eigenvalue weighted by molar-refractivity contribution is 6.31. The first-order chi connectivity index (χ1) is 6.88. The number of alkyl halides is 2. The number of aliphatic hydroxyl groups is 1. The quantitative estimate of drug-likeness (QED) is 0.845. The summed E-state index contributed by atoms with van der Waals surface area (Å²) in [4.78, 5) is 0. The van der Waals surface area contributed by atoms with E-state index in [-0.39, 0.29) is 22.7 Å². The Kier molecular flexibility index (Phi) is 3.65. The highest BCUT2D eigenvalue weighted by Crippen LogP contribution is 2.37. The number of halogens is 3. The highest BCUT2D eigenvalue weighted by atomic mass is 35.5. The van der Waals surface area contributed by atoms with Gasteiger partial charge in [0.2, 0.25) is 0 Å². The molecule has 0 aliphatic rings. The van der Waals surface area contributed by atoms with Gasteiger partial charge in [-0.05, 0) is 11.6 Å². The lowest BCUT2D eigenvalue weighted by Crippen LogP contribution is -2.18. The first-order valence-corrected chi connectivity index (χ1v) is 4.80. The van der Waals surface area contributed by atoms with Crippen LogP contribution in [0.3, 0.4) is 0 Å². The molecule has 0 amide bonds. The van der Waals surface area contributed by atoms with E-state index >= 15 is 0 Å². The van der Waals surface area contributed by atoms with Crippen LogP contribution in [-0.2, 0) is 5.92 Å². The van der Waals surface area contributed by atoms with E-state index in [4.69, 9.17) is 17.3 Å². The second-order valence-corrected chi connectivity index (χ2v) is 3.75. The van der Waals surface area contributed by atoms with Crippen LogP contribution in [0.25, 0.3) is 0 Å². The molecule has 5 heteroatoms. The number of hydrogen-bond donors (Lipinski definition) is 2. The zero-order valence-corrected chi connectivity index (χ0v) is 8.93. The minimum absolute atomic E-state index is 0.0625. The summed E-state index contributed by atoms with van der Waals surface area (Å²) in [7, 11) is 0. The molecular weight excluding hydrogens is 224 g/mol. The SMILES string of the molecule is CC(F)(F)c1c(Cl)cccc1C(O)CN.